The van der Waals surface area contributed by atoms with Gasteiger partial charge in [0.05, 0.1) is 13.2 Å². The van der Waals surface area contributed by atoms with E-state index in [0.717, 1.165) is 19.3 Å². The Morgan fingerprint density at radius 1 is 1.15 bits per heavy atom. The Balaban J connectivity index is 1.82. The molecule has 0 radical (unpaired) electrons. The maximum atomic E-state index is 15.1. The summed E-state index contributed by atoms with van der Waals surface area (Å²) < 4.78 is 72.7. The van der Waals surface area contributed by atoms with Gasteiger partial charge in [0.2, 0.25) is 0 Å². The third kappa shape index (κ3) is 4.20. The summed E-state index contributed by atoms with van der Waals surface area (Å²) in [6, 6.07) is 8.65. The van der Waals surface area contributed by atoms with E-state index in [0.29, 0.717) is 18.4 Å². The van der Waals surface area contributed by atoms with Crippen LogP contribution in [0.5, 0.6) is 0 Å². The largest absolute Gasteiger partial charge is 0.428 e. The van der Waals surface area contributed by atoms with Crippen molar-refractivity contribution in [1.29, 1.82) is 0 Å². The second kappa shape index (κ2) is 7.89. The van der Waals surface area contributed by atoms with Gasteiger partial charge in [-0.05, 0) is 24.5 Å². The summed E-state index contributed by atoms with van der Waals surface area (Å²) in [6.07, 6.45) is -4.06. The fourth-order valence-electron chi connectivity index (χ4n) is 3.73. The van der Waals surface area contributed by atoms with Crippen molar-refractivity contribution in [1.82, 2.24) is 0 Å². The fraction of sp³-hybridized carbons (Fsp3) is 0.600. The van der Waals surface area contributed by atoms with Crippen molar-refractivity contribution in [3.63, 3.8) is 0 Å². The normalized spacial score (nSPS) is 25.9. The highest BCUT2D eigenvalue weighted by atomic mass is 19.4. The monoisotopic (exact) mass is 388 g/mol. The van der Waals surface area contributed by atoms with E-state index >= 15 is 4.39 Å². The predicted molar refractivity (Wildman–Crippen MR) is 91.8 cm³/mol. The molecule has 0 unspecified atom stereocenters. The van der Waals surface area contributed by atoms with Crippen molar-refractivity contribution in [2.45, 2.75) is 68.6 Å². The van der Waals surface area contributed by atoms with Crippen molar-refractivity contribution in [3.05, 3.63) is 48.6 Å². The number of ether oxygens (including phenoxy) is 3. The molecule has 1 heterocycles. The lowest BCUT2D eigenvalue weighted by Crippen LogP contribution is -2.56. The fourth-order valence-corrected chi connectivity index (χ4v) is 3.73. The highest BCUT2D eigenvalue weighted by Crippen LogP contribution is 2.45. The van der Waals surface area contributed by atoms with E-state index in [1.54, 1.807) is 30.3 Å². The third-order valence-electron chi connectivity index (χ3n) is 5.25. The summed E-state index contributed by atoms with van der Waals surface area (Å²) >= 11 is 0. The SMILES string of the molecule is C=C[C@@](F)([C@H](OCc1ccccc1)[C@H]1COC2(CCCCC2)O1)C(F)(F)F. The number of halogens is 4. The first-order chi connectivity index (χ1) is 12.8. The molecule has 27 heavy (non-hydrogen) atoms. The molecule has 2 fully saturated rings. The summed E-state index contributed by atoms with van der Waals surface area (Å²) in [5.74, 6) is -0.926. The van der Waals surface area contributed by atoms with E-state index in [1.165, 1.54) is 0 Å². The van der Waals surface area contributed by atoms with E-state index in [-0.39, 0.29) is 19.3 Å². The molecule has 0 aromatic heterocycles. The molecule has 1 aromatic carbocycles. The van der Waals surface area contributed by atoms with E-state index in [2.05, 4.69) is 6.58 Å². The van der Waals surface area contributed by atoms with Crippen LogP contribution in [0.3, 0.4) is 0 Å². The first kappa shape index (κ1) is 20.3. The molecule has 1 aliphatic carbocycles. The summed E-state index contributed by atoms with van der Waals surface area (Å²) in [7, 11) is 0. The molecule has 2 aliphatic rings. The Morgan fingerprint density at radius 2 is 1.81 bits per heavy atom. The minimum atomic E-state index is -5.18. The van der Waals surface area contributed by atoms with Gasteiger partial charge in [-0.3, -0.25) is 0 Å². The van der Waals surface area contributed by atoms with Crippen molar-refractivity contribution >= 4 is 0 Å². The molecule has 0 bridgehead atoms. The van der Waals surface area contributed by atoms with Crippen LogP contribution in [-0.2, 0) is 20.8 Å². The van der Waals surface area contributed by atoms with Crippen molar-refractivity contribution < 1.29 is 31.8 Å². The van der Waals surface area contributed by atoms with Crippen LogP contribution in [0.25, 0.3) is 0 Å². The van der Waals surface area contributed by atoms with Crippen LogP contribution in [0.2, 0.25) is 0 Å². The van der Waals surface area contributed by atoms with Crippen molar-refractivity contribution in [2.24, 2.45) is 0 Å². The summed E-state index contributed by atoms with van der Waals surface area (Å²) in [5.41, 5.74) is -3.10. The molecule has 7 heteroatoms. The number of benzene rings is 1. The van der Waals surface area contributed by atoms with E-state index in [1.807, 2.05) is 0 Å². The van der Waals surface area contributed by atoms with Gasteiger partial charge in [-0.2, -0.15) is 13.2 Å². The zero-order valence-corrected chi connectivity index (χ0v) is 15.0. The lowest BCUT2D eigenvalue weighted by Gasteiger charge is -2.37. The molecule has 1 aliphatic heterocycles. The zero-order chi connectivity index (χ0) is 19.5. The van der Waals surface area contributed by atoms with E-state index in [4.69, 9.17) is 14.2 Å². The highest BCUT2D eigenvalue weighted by Gasteiger charge is 2.63. The van der Waals surface area contributed by atoms with Crippen LogP contribution in [0, 0.1) is 0 Å². The van der Waals surface area contributed by atoms with Crippen LogP contribution < -0.4 is 0 Å². The molecule has 3 atom stereocenters. The van der Waals surface area contributed by atoms with Gasteiger partial charge in [0.1, 0.15) is 12.2 Å². The lowest BCUT2D eigenvalue weighted by atomic mass is 9.92. The first-order valence-corrected chi connectivity index (χ1v) is 9.16. The standard InChI is InChI=1S/C20H24F4O3/c1-2-19(21,20(22,23)24)17(25-13-15-9-5-3-6-10-15)16-14-26-18(27-16)11-7-4-8-12-18/h2-3,5-6,9-10,16-17H,1,4,7-8,11-14H2/t16-,17-,19-/m1/s1. The second-order valence-electron chi connectivity index (χ2n) is 7.13. The van der Waals surface area contributed by atoms with Gasteiger partial charge < -0.3 is 14.2 Å². The minimum absolute atomic E-state index is 0.144. The van der Waals surface area contributed by atoms with Crippen LogP contribution >= 0.6 is 0 Å². The van der Waals surface area contributed by atoms with Crippen LogP contribution in [-0.4, -0.2) is 36.4 Å². The van der Waals surface area contributed by atoms with Crippen LogP contribution in [0.4, 0.5) is 17.6 Å². The summed E-state index contributed by atoms with van der Waals surface area (Å²) in [6.45, 7) is 2.76. The first-order valence-electron chi connectivity index (χ1n) is 9.16. The quantitative estimate of drug-likeness (QED) is 0.501. The van der Waals surface area contributed by atoms with Crippen molar-refractivity contribution in [2.75, 3.05) is 6.61 Å². The molecular formula is C20H24F4O3. The number of hydrogen-bond donors (Lipinski definition) is 0. The molecule has 1 aromatic rings. The Hall–Kier alpha value is -1.44. The molecular weight excluding hydrogens is 364 g/mol. The molecule has 3 rings (SSSR count). The molecule has 150 valence electrons. The highest BCUT2D eigenvalue weighted by molar-refractivity contribution is 5.15. The molecule has 1 spiro atoms. The molecule has 1 saturated heterocycles. The molecule has 3 nitrogen and oxygen atoms in total. The zero-order valence-electron chi connectivity index (χ0n) is 15.0. The van der Waals surface area contributed by atoms with Gasteiger partial charge in [-0.25, -0.2) is 4.39 Å². The van der Waals surface area contributed by atoms with E-state index < -0.39 is 29.8 Å². The number of hydrogen-bond acceptors (Lipinski definition) is 3. The van der Waals surface area contributed by atoms with E-state index in [9.17, 15) is 13.2 Å². The summed E-state index contributed by atoms with van der Waals surface area (Å²) in [5, 5.41) is 0. The lowest BCUT2D eigenvalue weighted by molar-refractivity contribution is -0.271. The Labute approximate surface area is 156 Å². The van der Waals surface area contributed by atoms with Gasteiger partial charge in [-0.1, -0.05) is 43.3 Å². The van der Waals surface area contributed by atoms with Gasteiger partial charge in [0, 0.05) is 12.8 Å². The van der Waals surface area contributed by atoms with Crippen LogP contribution in [0.15, 0.2) is 43.0 Å². The molecule has 1 saturated carbocycles. The summed E-state index contributed by atoms with van der Waals surface area (Å²) in [4.78, 5) is 0. The smallest absolute Gasteiger partial charge is 0.367 e. The predicted octanol–water partition coefficient (Wildman–Crippen LogP) is 5.10. The third-order valence-corrected chi connectivity index (χ3v) is 5.25. The van der Waals surface area contributed by atoms with Gasteiger partial charge >= 0.3 is 6.18 Å². The van der Waals surface area contributed by atoms with Gasteiger partial charge in [0.15, 0.2) is 5.79 Å². The Bertz CT molecular complexity index is 628. The van der Waals surface area contributed by atoms with Gasteiger partial charge in [0.25, 0.3) is 5.67 Å². The molecule has 0 N–H and O–H groups in total. The van der Waals surface area contributed by atoms with Gasteiger partial charge in [-0.15, -0.1) is 0 Å². The Kier molecular flexibility index (Phi) is 5.93. The average molecular weight is 388 g/mol. The maximum Gasteiger partial charge on any atom is 0.428 e. The minimum Gasteiger partial charge on any atom is -0.367 e. The average Bonchev–Trinajstić information content (AvgIpc) is 3.05. The Morgan fingerprint density at radius 3 is 2.41 bits per heavy atom. The topological polar surface area (TPSA) is 27.7 Å². The maximum absolute atomic E-state index is 15.1. The van der Waals surface area contributed by atoms with Crippen LogP contribution in [0.1, 0.15) is 37.7 Å². The molecule has 0 amide bonds. The number of alkyl halides is 4. The number of rotatable bonds is 6. The van der Waals surface area contributed by atoms with Crippen molar-refractivity contribution in [3.8, 4) is 0 Å². The second-order valence-corrected chi connectivity index (χ2v) is 7.13.